The summed E-state index contributed by atoms with van der Waals surface area (Å²) in [6.45, 7) is 0.777. The molecule has 3 aromatic rings. The average Bonchev–Trinajstić information content (AvgIpc) is 2.98. The van der Waals surface area contributed by atoms with Crippen LogP contribution in [0.5, 0.6) is 0 Å². The van der Waals surface area contributed by atoms with Gasteiger partial charge in [0.05, 0.1) is 35.4 Å². The molecule has 0 amide bonds. The van der Waals surface area contributed by atoms with Crippen molar-refractivity contribution in [3.05, 3.63) is 68.4 Å². The van der Waals surface area contributed by atoms with Crippen LogP contribution in [0.15, 0.2) is 35.3 Å². The molecule has 3 heterocycles. The number of halogens is 4. The summed E-state index contributed by atoms with van der Waals surface area (Å²) in [6.07, 6.45) is -2.52. The second kappa shape index (κ2) is 7.25. The minimum absolute atomic E-state index is 0.0231. The fourth-order valence-corrected chi connectivity index (χ4v) is 3.76. The number of benzene rings is 1. The summed E-state index contributed by atoms with van der Waals surface area (Å²) >= 11 is 6.08. The Bertz CT molecular complexity index is 1130. The average molecular weight is 420 g/mol. The zero-order chi connectivity index (χ0) is 20.8. The molecule has 0 saturated heterocycles. The molecule has 1 aromatic carbocycles. The van der Waals surface area contributed by atoms with Crippen molar-refractivity contribution in [3.63, 3.8) is 0 Å². The summed E-state index contributed by atoms with van der Waals surface area (Å²) in [5.74, 6) is 0. The number of hydrogen-bond donors (Lipinski definition) is 1. The lowest BCUT2D eigenvalue weighted by atomic mass is 10.0. The van der Waals surface area contributed by atoms with Crippen molar-refractivity contribution in [3.8, 4) is 0 Å². The van der Waals surface area contributed by atoms with Gasteiger partial charge in [0.25, 0.3) is 5.56 Å². The highest BCUT2D eigenvalue weighted by molar-refractivity contribution is 6.33. The number of anilines is 1. The molecule has 2 radical (unpaired) electrons. The quantitative estimate of drug-likeness (QED) is 0.660. The normalized spacial score (nSPS) is 14.1. The molecule has 6 nitrogen and oxygen atoms in total. The molecule has 11 heteroatoms. The molecule has 0 bridgehead atoms. The van der Waals surface area contributed by atoms with Crippen molar-refractivity contribution >= 4 is 30.9 Å². The van der Waals surface area contributed by atoms with E-state index >= 15 is 0 Å². The minimum Gasteiger partial charge on any atom is -0.362 e. The highest BCUT2D eigenvalue weighted by Crippen LogP contribution is 2.33. The number of nitrogens with one attached hydrogen (secondary N) is 1. The summed E-state index contributed by atoms with van der Waals surface area (Å²) in [5.41, 5.74) is 0.945. The molecule has 29 heavy (non-hydrogen) atoms. The van der Waals surface area contributed by atoms with Crippen molar-refractivity contribution in [2.45, 2.75) is 25.7 Å². The van der Waals surface area contributed by atoms with Gasteiger partial charge in [0.1, 0.15) is 5.02 Å². The van der Waals surface area contributed by atoms with E-state index in [1.54, 1.807) is 10.6 Å². The number of imidazole rings is 1. The van der Waals surface area contributed by atoms with Gasteiger partial charge in [-0.15, -0.1) is 0 Å². The monoisotopic (exact) mass is 419 g/mol. The molecular weight excluding hydrogens is 405 g/mol. The predicted molar refractivity (Wildman–Crippen MR) is 103 cm³/mol. The lowest BCUT2D eigenvalue weighted by molar-refractivity contribution is -0.138. The van der Waals surface area contributed by atoms with Crippen LogP contribution in [-0.4, -0.2) is 34.1 Å². The Hall–Kier alpha value is -2.75. The number of alkyl halides is 3. The van der Waals surface area contributed by atoms with Gasteiger partial charge in [-0.3, -0.25) is 4.79 Å². The van der Waals surface area contributed by atoms with Gasteiger partial charge in [-0.05, 0) is 11.6 Å². The van der Waals surface area contributed by atoms with Crippen LogP contribution in [-0.2, 0) is 25.7 Å². The molecule has 0 saturated carbocycles. The lowest BCUT2D eigenvalue weighted by Crippen LogP contribution is -2.33. The topological polar surface area (TPSA) is 66.8 Å². The zero-order valence-corrected chi connectivity index (χ0v) is 15.8. The third-order valence-corrected chi connectivity index (χ3v) is 5.28. The second-order valence-corrected chi connectivity index (χ2v) is 7.05. The van der Waals surface area contributed by atoms with Gasteiger partial charge in [0.2, 0.25) is 0 Å². The molecule has 1 N–H and O–H groups in total. The molecule has 1 aliphatic heterocycles. The molecule has 2 aromatic heterocycles. The van der Waals surface area contributed by atoms with Gasteiger partial charge in [0.15, 0.2) is 7.85 Å². The molecule has 0 unspecified atom stereocenters. The Labute approximate surface area is 169 Å². The van der Waals surface area contributed by atoms with E-state index in [-0.39, 0.29) is 22.9 Å². The first-order valence-corrected chi connectivity index (χ1v) is 9.10. The lowest BCUT2D eigenvalue weighted by Gasteiger charge is -2.29. The Morgan fingerprint density at radius 3 is 2.79 bits per heavy atom. The SMILES string of the molecule is [B]c1nc2c(n1Cc1ccccc1C(F)(F)F)CCN(c1cn[nH]c(=O)c1Cl)C2. The number of H-pyrrole nitrogens is 1. The summed E-state index contributed by atoms with van der Waals surface area (Å²) in [6, 6.07) is 5.41. The second-order valence-electron chi connectivity index (χ2n) is 6.67. The number of nitrogens with zero attached hydrogens (tertiary/aromatic N) is 4. The zero-order valence-electron chi connectivity index (χ0n) is 15.0. The van der Waals surface area contributed by atoms with E-state index in [2.05, 4.69) is 15.2 Å². The highest BCUT2D eigenvalue weighted by Gasteiger charge is 2.33. The molecule has 0 aliphatic carbocycles. The fourth-order valence-electron chi connectivity index (χ4n) is 3.55. The first-order chi connectivity index (χ1) is 13.8. The Kier molecular flexibility index (Phi) is 4.89. The smallest absolute Gasteiger partial charge is 0.362 e. The molecule has 4 rings (SSSR count). The highest BCUT2D eigenvalue weighted by atomic mass is 35.5. The van der Waals surface area contributed by atoms with E-state index < -0.39 is 17.3 Å². The van der Waals surface area contributed by atoms with Gasteiger partial charge < -0.3 is 9.47 Å². The van der Waals surface area contributed by atoms with Crippen molar-refractivity contribution < 1.29 is 13.2 Å². The van der Waals surface area contributed by atoms with Crippen LogP contribution in [0.25, 0.3) is 0 Å². The summed E-state index contributed by atoms with van der Waals surface area (Å²) < 4.78 is 41.6. The van der Waals surface area contributed by atoms with E-state index in [4.69, 9.17) is 19.4 Å². The molecule has 0 fully saturated rings. The maximum atomic E-state index is 13.3. The van der Waals surface area contributed by atoms with E-state index in [0.717, 1.165) is 11.8 Å². The Morgan fingerprint density at radius 2 is 2.03 bits per heavy atom. The van der Waals surface area contributed by atoms with E-state index in [1.165, 1.54) is 18.3 Å². The summed E-state index contributed by atoms with van der Waals surface area (Å²) in [7, 11) is 6.02. The minimum atomic E-state index is -4.45. The standard InChI is InChI=1S/C18H14BClF3N5O/c19-17-25-12-9-27(14-7-24-26-16(29)15(14)20)6-5-13(12)28(17)8-10-3-1-2-4-11(10)18(21,22)23/h1-4,7H,5-6,8-9H2,(H,26,29). The van der Waals surface area contributed by atoms with Crippen molar-refractivity contribution in [1.29, 1.82) is 0 Å². The number of hydrogen-bond acceptors (Lipinski definition) is 4. The van der Waals surface area contributed by atoms with E-state index in [1.807, 2.05) is 4.90 Å². The fraction of sp³-hybridized carbons (Fsp3) is 0.278. The molecule has 1 aliphatic rings. The summed E-state index contributed by atoms with van der Waals surface area (Å²) in [5, 5.41) is 6.05. The van der Waals surface area contributed by atoms with Crippen molar-refractivity contribution in [2.75, 3.05) is 11.4 Å². The molecule has 148 valence electrons. The number of rotatable bonds is 3. The van der Waals surface area contributed by atoms with Gasteiger partial charge in [-0.2, -0.15) is 18.3 Å². The third-order valence-electron chi connectivity index (χ3n) is 4.91. The number of aromatic nitrogens is 4. The van der Waals surface area contributed by atoms with E-state index in [9.17, 15) is 18.0 Å². The van der Waals surface area contributed by atoms with Crippen LogP contribution in [0.2, 0.25) is 5.02 Å². The van der Waals surface area contributed by atoms with Gasteiger partial charge in [-0.25, -0.2) is 10.1 Å². The molecule has 0 atom stereocenters. The van der Waals surface area contributed by atoms with Crippen molar-refractivity contribution in [2.24, 2.45) is 0 Å². The maximum Gasteiger partial charge on any atom is 0.416 e. The molecular formula is C18H14BClF3N5O. The van der Waals surface area contributed by atoms with Gasteiger partial charge in [0, 0.05) is 25.2 Å². The van der Waals surface area contributed by atoms with E-state index in [0.29, 0.717) is 30.9 Å². The Morgan fingerprint density at radius 1 is 1.28 bits per heavy atom. The van der Waals surface area contributed by atoms with Crippen LogP contribution in [0.4, 0.5) is 18.9 Å². The first kappa shape index (κ1) is 19.6. The van der Waals surface area contributed by atoms with Gasteiger partial charge >= 0.3 is 6.18 Å². The predicted octanol–water partition coefficient (Wildman–Crippen LogP) is 2.04. The van der Waals surface area contributed by atoms with Crippen molar-refractivity contribution in [1.82, 2.24) is 19.7 Å². The Balaban J connectivity index is 1.66. The molecule has 0 spiro atoms. The van der Waals surface area contributed by atoms with Crippen LogP contribution < -0.4 is 16.2 Å². The van der Waals surface area contributed by atoms with Crippen LogP contribution in [0.3, 0.4) is 0 Å². The van der Waals surface area contributed by atoms with Crippen LogP contribution in [0, 0.1) is 0 Å². The summed E-state index contributed by atoms with van der Waals surface area (Å²) in [4.78, 5) is 17.9. The first-order valence-electron chi connectivity index (χ1n) is 8.72. The van der Waals surface area contributed by atoms with Gasteiger partial charge in [-0.1, -0.05) is 29.8 Å². The maximum absolute atomic E-state index is 13.3. The van der Waals surface area contributed by atoms with Crippen LogP contribution >= 0.6 is 11.6 Å². The third kappa shape index (κ3) is 3.64. The number of aromatic amines is 1. The van der Waals surface area contributed by atoms with Crippen LogP contribution in [0.1, 0.15) is 22.5 Å². The number of fused-ring (bicyclic) bond motifs is 1. The largest absolute Gasteiger partial charge is 0.416 e.